The van der Waals surface area contributed by atoms with Crippen molar-refractivity contribution >= 4 is 17.7 Å². The van der Waals surface area contributed by atoms with Gasteiger partial charge < -0.3 is 25.6 Å². The topological polar surface area (TPSA) is 105 Å². The molecule has 2 atom stereocenters. The van der Waals surface area contributed by atoms with Gasteiger partial charge in [-0.25, -0.2) is 0 Å². The Hall–Kier alpha value is -2.61. The zero-order valence-electron chi connectivity index (χ0n) is 17.7. The Bertz CT molecular complexity index is 737. The van der Waals surface area contributed by atoms with Crippen molar-refractivity contribution in [3.8, 4) is 5.75 Å². The first-order valence-electron chi connectivity index (χ1n) is 9.96. The van der Waals surface area contributed by atoms with Gasteiger partial charge in [0.25, 0.3) is 0 Å². The summed E-state index contributed by atoms with van der Waals surface area (Å²) in [7, 11) is 1.60. The van der Waals surface area contributed by atoms with Crippen LogP contribution in [0.2, 0.25) is 0 Å². The number of rotatable bonds is 8. The third-order valence-electron chi connectivity index (χ3n) is 5.13. The van der Waals surface area contributed by atoms with Gasteiger partial charge in [-0.05, 0) is 24.1 Å². The van der Waals surface area contributed by atoms with Crippen molar-refractivity contribution < 1.29 is 19.1 Å². The van der Waals surface area contributed by atoms with E-state index in [-0.39, 0.29) is 29.7 Å². The van der Waals surface area contributed by atoms with Crippen LogP contribution in [0.1, 0.15) is 32.8 Å². The first-order chi connectivity index (χ1) is 13.8. The van der Waals surface area contributed by atoms with Crippen LogP contribution in [-0.4, -0.2) is 66.3 Å². The van der Waals surface area contributed by atoms with E-state index in [0.29, 0.717) is 32.6 Å². The minimum Gasteiger partial charge on any atom is -0.497 e. The molecular weight excluding hydrogens is 372 g/mol. The van der Waals surface area contributed by atoms with Gasteiger partial charge in [-0.15, -0.1) is 0 Å². The van der Waals surface area contributed by atoms with Crippen LogP contribution in [0.15, 0.2) is 24.3 Å². The molecule has 3 N–H and O–H groups in total. The lowest BCUT2D eigenvalue weighted by Gasteiger charge is -2.31. The Kier molecular flexibility index (Phi) is 8.01. The summed E-state index contributed by atoms with van der Waals surface area (Å²) in [6.07, 6.45) is 0.401. The van der Waals surface area contributed by atoms with Gasteiger partial charge in [0.05, 0.1) is 13.2 Å². The number of carbonyl (C=O) groups is 3. The molecule has 1 aromatic rings. The monoisotopic (exact) mass is 404 g/mol. The fourth-order valence-electron chi connectivity index (χ4n) is 3.64. The molecule has 0 aliphatic carbocycles. The largest absolute Gasteiger partial charge is 0.497 e. The summed E-state index contributed by atoms with van der Waals surface area (Å²) in [6, 6.07) is 6.72. The Balaban J connectivity index is 2.26. The minimum atomic E-state index is -0.600. The maximum absolute atomic E-state index is 13.0. The van der Waals surface area contributed by atoms with E-state index in [4.69, 9.17) is 10.5 Å². The van der Waals surface area contributed by atoms with Crippen LogP contribution in [0.25, 0.3) is 0 Å². The molecule has 0 aromatic heterocycles. The molecule has 1 aromatic carbocycles. The molecule has 2 rings (SSSR count). The van der Waals surface area contributed by atoms with Gasteiger partial charge in [-0.1, -0.05) is 26.0 Å². The highest BCUT2D eigenvalue weighted by Gasteiger charge is 2.42. The zero-order valence-corrected chi connectivity index (χ0v) is 17.7. The van der Waals surface area contributed by atoms with Crippen molar-refractivity contribution in [2.24, 2.45) is 11.7 Å². The molecular formula is C21H32N4O4. The number of amides is 3. The van der Waals surface area contributed by atoms with Gasteiger partial charge in [-0.3, -0.25) is 14.4 Å². The Morgan fingerprint density at radius 1 is 1.34 bits per heavy atom. The standard InChI is InChI=1S/C21H32N4O4/c1-14(2)21(28)25(12-16-6-5-7-18(10-16)29-4)17-11-19(20(27)23-9-8-22)24(13-17)15(3)26/h5-7,10,14,17,19H,8-9,11-13,22H2,1-4H3,(H,23,27). The maximum Gasteiger partial charge on any atom is 0.242 e. The molecule has 1 heterocycles. The summed E-state index contributed by atoms with van der Waals surface area (Å²) in [5.41, 5.74) is 6.40. The quantitative estimate of drug-likeness (QED) is 0.665. The summed E-state index contributed by atoms with van der Waals surface area (Å²) in [5, 5.41) is 2.76. The van der Waals surface area contributed by atoms with E-state index in [2.05, 4.69) is 5.32 Å². The first kappa shape index (κ1) is 22.7. The highest BCUT2D eigenvalue weighted by atomic mass is 16.5. The van der Waals surface area contributed by atoms with E-state index in [1.807, 2.05) is 38.1 Å². The molecule has 29 heavy (non-hydrogen) atoms. The second kappa shape index (κ2) is 10.2. The maximum atomic E-state index is 13.0. The Morgan fingerprint density at radius 2 is 2.07 bits per heavy atom. The van der Waals surface area contributed by atoms with Crippen molar-refractivity contribution in [1.29, 1.82) is 0 Å². The van der Waals surface area contributed by atoms with E-state index < -0.39 is 6.04 Å². The zero-order chi connectivity index (χ0) is 21.6. The normalized spacial score (nSPS) is 18.6. The number of carbonyl (C=O) groups excluding carboxylic acids is 3. The Morgan fingerprint density at radius 3 is 2.66 bits per heavy atom. The van der Waals surface area contributed by atoms with Crippen LogP contribution in [0, 0.1) is 5.92 Å². The Labute approximate surface area is 172 Å². The molecule has 8 nitrogen and oxygen atoms in total. The number of benzene rings is 1. The van der Waals surface area contributed by atoms with Gasteiger partial charge >= 0.3 is 0 Å². The molecule has 2 unspecified atom stereocenters. The fraction of sp³-hybridized carbons (Fsp3) is 0.571. The van der Waals surface area contributed by atoms with Gasteiger partial charge in [0.15, 0.2) is 0 Å². The van der Waals surface area contributed by atoms with Gasteiger partial charge in [0, 0.05) is 39.0 Å². The summed E-state index contributed by atoms with van der Waals surface area (Å²) >= 11 is 0. The predicted octanol–water partition coefficient (Wildman–Crippen LogP) is 0.744. The second-order valence-electron chi connectivity index (χ2n) is 7.63. The van der Waals surface area contributed by atoms with E-state index in [0.717, 1.165) is 11.3 Å². The third-order valence-corrected chi connectivity index (χ3v) is 5.13. The molecule has 0 saturated carbocycles. The summed E-state index contributed by atoms with van der Waals surface area (Å²) in [6.45, 7) is 6.55. The lowest BCUT2D eigenvalue weighted by Crippen LogP contribution is -2.46. The van der Waals surface area contributed by atoms with Crippen molar-refractivity contribution in [2.75, 3.05) is 26.7 Å². The molecule has 1 fully saturated rings. The number of ether oxygens (including phenoxy) is 1. The van der Waals surface area contributed by atoms with Crippen LogP contribution in [0.4, 0.5) is 0 Å². The SMILES string of the molecule is COc1cccc(CN(C(=O)C(C)C)C2CC(C(=O)NCCN)N(C(C)=O)C2)c1. The highest BCUT2D eigenvalue weighted by Crippen LogP contribution is 2.26. The first-order valence-corrected chi connectivity index (χ1v) is 9.96. The summed E-state index contributed by atoms with van der Waals surface area (Å²) in [5.74, 6) is 0.0984. The number of hydrogen-bond acceptors (Lipinski definition) is 5. The third kappa shape index (κ3) is 5.69. The summed E-state index contributed by atoms with van der Waals surface area (Å²) in [4.78, 5) is 41.0. The lowest BCUT2D eigenvalue weighted by atomic mass is 10.1. The molecule has 0 radical (unpaired) electrons. The molecule has 0 spiro atoms. The van der Waals surface area contributed by atoms with Gasteiger partial charge in [0.2, 0.25) is 17.7 Å². The molecule has 1 saturated heterocycles. The highest BCUT2D eigenvalue weighted by molar-refractivity contribution is 5.88. The number of likely N-dealkylation sites (tertiary alicyclic amines) is 1. The van der Waals surface area contributed by atoms with Crippen LogP contribution in [-0.2, 0) is 20.9 Å². The van der Waals surface area contributed by atoms with Crippen LogP contribution < -0.4 is 15.8 Å². The van der Waals surface area contributed by atoms with Crippen molar-refractivity contribution in [2.45, 2.75) is 45.8 Å². The van der Waals surface area contributed by atoms with Crippen LogP contribution in [0.5, 0.6) is 5.75 Å². The molecule has 0 bridgehead atoms. The van der Waals surface area contributed by atoms with Crippen molar-refractivity contribution in [3.63, 3.8) is 0 Å². The average molecular weight is 405 g/mol. The number of nitrogens with two attached hydrogens (primary N) is 1. The number of methoxy groups -OCH3 is 1. The molecule has 8 heteroatoms. The van der Waals surface area contributed by atoms with E-state index in [1.165, 1.54) is 6.92 Å². The number of hydrogen-bond donors (Lipinski definition) is 2. The molecule has 160 valence electrons. The van der Waals surface area contributed by atoms with E-state index >= 15 is 0 Å². The second-order valence-corrected chi connectivity index (χ2v) is 7.63. The fourth-order valence-corrected chi connectivity index (χ4v) is 3.64. The number of nitrogens with zero attached hydrogens (tertiary/aromatic N) is 2. The van der Waals surface area contributed by atoms with Crippen LogP contribution in [0.3, 0.4) is 0 Å². The van der Waals surface area contributed by atoms with E-state index in [9.17, 15) is 14.4 Å². The van der Waals surface area contributed by atoms with Crippen LogP contribution >= 0.6 is 0 Å². The number of nitrogens with one attached hydrogen (secondary N) is 1. The minimum absolute atomic E-state index is 0.00987. The van der Waals surface area contributed by atoms with Gasteiger partial charge in [0.1, 0.15) is 11.8 Å². The van der Waals surface area contributed by atoms with E-state index in [1.54, 1.807) is 16.9 Å². The predicted molar refractivity (Wildman–Crippen MR) is 110 cm³/mol. The molecule has 1 aliphatic rings. The molecule has 1 aliphatic heterocycles. The average Bonchev–Trinajstić information content (AvgIpc) is 3.15. The smallest absolute Gasteiger partial charge is 0.242 e. The lowest BCUT2D eigenvalue weighted by molar-refractivity contribution is -0.138. The van der Waals surface area contributed by atoms with Crippen molar-refractivity contribution in [1.82, 2.24) is 15.1 Å². The van der Waals surface area contributed by atoms with Gasteiger partial charge in [-0.2, -0.15) is 0 Å². The molecule has 3 amide bonds. The summed E-state index contributed by atoms with van der Waals surface area (Å²) < 4.78 is 5.28. The van der Waals surface area contributed by atoms with Crippen molar-refractivity contribution in [3.05, 3.63) is 29.8 Å².